The highest BCUT2D eigenvalue weighted by molar-refractivity contribution is 7.13. The molecule has 7 heteroatoms. The average molecular weight is 305 g/mol. The van der Waals surface area contributed by atoms with Gasteiger partial charge in [-0.25, -0.2) is 4.98 Å². The van der Waals surface area contributed by atoms with Crippen LogP contribution in [-0.4, -0.2) is 45.1 Å². The summed E-state index contributed by atoms with van der Waals surface area (Å²) in [7, 11) is 0. The van der Waals surface area contributed by atoms with Crippen molar-refractivity contribution < 1.29 is 4.79 Å². The molecule has 1 saturated heterocycles. The number of nitrogens with one attached hydrogen (secondary N) is 2. The van der Waals surface area contributed by atoms with Gasteiger partial charge in [-0.2, -0.15) is 5.10 Å². The predicted molar refractivity (Wildman–Crippen MR) is 82.3 cm³/mol. The van der Waals surface area contributed by atoms with Gasteiger partial charge in [-0.05, 0) is 44.3 Å². The first-order valence-electron chi connectivity index (χ1n) is 7.17. The third-order valence-corrected chi connectivity index (χ3v) is 4.80. The van der Waals surface area contributed by atoms with Crippen LogP contribution in [0.25, 0.3) is 0 Å². The molecule has 3 rings (SSSR count). The van der Waals surface area contributed by atoms with Crippen LogP contribution in [0.15, 0.2) is 24.0 Å². The van der Waals surface area contributed by atoms with E-state index in [1.54, 1.807) is 6.20 Å². The smallest absolute Gasteiger partial charge is 0.243 e. The Morgan fingerprint density at radius 2 is 2.33 bits per heavy atom. The largest absolute Gasteiger partial charge is 0.301 e. The first kappa shape index (κ1) is 14.2. The van der Waals surface area contributed by atoms with Crippen molar-refractivity contribution in [3.8, 4) is 0 Å². The quantitative estimate of drug-likeness (QED) is 0.907. The van der Waals surface area contributed by atoms with Crippen molar-refractivity contribution in [1.82, 2.24) is 20.1 Å². The molecule has 3 heterocycles. The van der Waals surface area contributed by atoms with E-state index in [4.69, 9.17) is 0 Å². The molecule has 1 atom stereocenters. The molecular formula is C14H19N5OS. The van der Waals surface area contributed by atoms with Crippen LogP contribution < -0.4 is 5.32 Å². The van der Waals surface area contributed by atoms with Gasteiger partial charge in [0.25, 0.3) is 0 Å². The SMILES string of the molecule is C[C@H](C(=O)Nc1nccs1)N1CCC(c2cn[nH]c2)CC1. The van der Waals surface area contributed by atoms with E-state index < -0.39 is 0 Å². The Morgan fingerprint density at radius 3 is 2.95 bits per heavy atom. The van der Waals surface area contributed by atoms with Crippen molar-refractivity contribution in [2.75, 3.05) is 18.4 Å². The minimum absolute atomic E-state index is 0.0201. The number of thiazole rings is 1. The standard InChI is InChI=1S/C14H19N5OS/c1-10(13(20)18-14-15-4-7-21-14)19-5-2-11(3-6-19)12-8-16-17-9-12/h4,7-11H,2-3,5-6H2,1H3,(H,16,17)(H,15,18,20)/t10-/m1/s1. The number of amides is 1. The van der Waals surface area contributed by atoms with Crippen molar-refractivity contribution in [3.63, 3.8) is 0 Å². The fourth-order valence-electron chi connectivity index (χ4n) is 2.77. The summed E-state index contributed by atoms with van der Waals surface area (Å²) in [5.74, 6) is 0.570. The highest BCUT2D eigenvalue weighted by atomic mass is 32.1. The monoisotopic (exact) mass is 305 g/mol. The summed E-state index contributed by atoms with van der Waals surface area (Å²) in [5.41, 5.74) is 1.27. The molecule has 1 aliphatic rings. The van der Waals surface area contributed by atoms with Gasteiger partial charge in [0.15, 0.2) is 5.13 Å². The van der Waals surface area contributed by atoms with Gasteiger partial charge in [0, 0.05) is 17.8 Å². The number of likely N-dealkylation sites (tertiary alicyclic amines) is 1. The molecule has 0 aromatic carbocycles. The van der Waals surface area contributed by atoms with E-state index in [9.17, 15) is 4.79 Å². The summed E-state index contributed by atoms with van der Waals surface area (Å²) in [5, 5.41) is 12.3. The van der Waals surface area contributed by atoms with Crippen LogP contribution in [0.5, 0.6) is 0 Å². The molecule has 0 bridgehead atoms. The number of carbonyl (C=O) groups is 1. The first-order chi connectivity index (χ1) is 10.2. The molecule has 2 N–H and O–H groups in total. The Hall–Kier alpha value is -1.73. The molecule has 6 nitrogen and oxygen atoms in total. The van der Waals surface area contributed by atoms with Crippen LogP contribution in [0.3, 0.4) is 0 Å². The van der Waals surface area contributed by atoms with Gasteiger partial charge >= 0.3 is 0 Å². The molecule has 2 aromatic heterocycles. The van der Waals surface area contributed by atoms with Crippen molar-refractivity contribution >= 4 is 22.4 Å². The lowest BCUT2D eigenvalue weighted by molar-refractivity contribution is -0.121. The van der Waals surface area contributed by atoms with Crippen LogP contribution in [0.4, 0.5) is 5.13 Å². The van der Waals surface area contributed by atoms with Gasteiger partial charge in [-0.3, -0.25) is 14.8 Å². The maximum absolute atomic E-state index is 12.2. The molecule has 0 radical (unpaired) electrons. The van der Waals surface area contributed by atoms with E-state index in [0.29, 0.717) is 11.0 Å². The number of aromatic amines is 1. The first-order valence-corrected chi connectivity index (χ1v) is 8.05. The summed E-state index contributed by atoms with van der Waals surface area (Å²) in [6.45, 7) is 3.83. The maximum atomic E-state index is 12.2. The van der Waals surface area contributed by atoms with Crippen molar-refractivity contribution in [3.05, 3.63) is 29.5 Å². The summed E-state index contributed by atoms with van der Waals surface area (Å²) in [6, 6.07) is -0.126. The second kappa shape index (κ2) is 6.36. The summed E-state index contributed by atoms with van der Waals surface area (Å²) >= 11 is 1.44. The highest BCUT2D eigenvalue weighted by Crippen LogP contribution is 2.28. The lowest BCUT2D eigenvalue weighted by Crippen LogP contribution is -2.45. The minimum Gasteiger partial charge on any atom is -0.301 e. The van der Waals surface area contributed by atoms with Crippen molar-refractivity contribution in [1.29, 1.82) is 0 Å². The number of carbonyl (C=O) groups excluding carboxylic acids is 1. The normalized spacial score (nSPS) is 18.5. The number of nitrogens with zero attached hydrogens (tertiary/aromatic N) is 3. The van der Waals surface area contributed by atoms with Gasteiger partial charge in [0.1, 0.15) is 0 Å². The molecular weight excluding hydrogens is 286 g/mol. The molecule has 1 amide bonds. The summed E-state index contributed by atoms with van der Waals surface area (Å²) in [6.07, 6.45) is 7.70. The van der Waals surface area contributed by atoms with Crippen LogP contribution in [-0.2, 0) is 4.79 Å². The zero-order valence-corrected chi connectivity index (χ0v) is 12.8. The minimum atomic E-state index is -0.126. The Balaban J connectivity index is 1.52. The van der Waals surface area contributed by atoms with Crippen molar-refractivity contribution in [2.24, 2.45) is 0 Å². The van der Waals surface area contributed by atoms with E-state index in [-0.39, 0.29) is 11.9 Å². The number of H-pyrrole nitrogens is 1. The number of rotatable bonds is 4. The second-order valence-corrected chi connectivity index (χ2v) is 6.24. The molecule has 21 heavy (non-hydrogen) atoms. The third kappa shape index (κ3) is 3.30. The van der Waals surface area contributed by atoms with E-state index in [1.165, 1.54) is 16.9 Å². The molecule has 2 aromatic rings. The van der Waals surface area contributed by atoms with Gasteiger partial charge in [-0.1, -0.05) is 0 Å². The Bertz CT molecular complexity index is 560. The maximum Gasteiger partial charge on any atom is 0.243 e. The van der Waals surface area contributed by atoms with Crippen LogP contribution in [0.2, 0.25) is 0 Å². The lowest BCUT2D eigenvalue weighted by atomic mass is 9.91. The molecule has 1 aliphatic heterocycles. The predicted octanol–water partition coefficient (Wildman–Crippen LogP) is 2.07. The zero-order valence-electron chi connectivity index (χ0n) is 12.0. The number of anilines is 1. The lowest BCUT2D eigenvalue weighted by Gasteiger charge is -2.34. The van der Waals surface area contributed by atoms with Crippen LogP contribution >= 0.6 is 11.3 Å². The van der Waals surface area contributed by atoms with Crippen molar-refractivity contribution in [2.45, 2.75) is 31.7 Å². The molecule has 112 valence electrons. The molecule has 0 spiro atoms. The fraction of sp³-hybridized carbons (Fsp3) is 0.500. The zero-order chi connectivity index (χ0) is 14.7. The summed E-state index contributed by atoms with van der Waals surface area (Å²) in [4.78, 5) is 18.5. The number of piperidine rings is 1. The third-order valence-electron chi connectivity index (χ3n) is 4.11. The van der Waals surface area contributed by atoms with E-state index in [2.05, 4.69) is 25.4 Å². The number of hydrogen-bond donors (Lipinski definition) is 2. The molecule has 0 unspecified atom stereocenters. The van der Waals surface area contributed by atoms with E-state index in [1.807, 2.05) is 24.7 Å². The number of hydrogen-bond acceptors (Lipinski definition) is 5. The van der Waals surface area contributed by atoms with E-state index >= 15 is 0 Å². The van der Waals surface area contributed by atoms with Gasteiger partial charge in [0.05, 0.1) is 12.2 Å². The van der Waals surface area contributed by atoms with Crippen LogP contribution in [0, 0.1) is 0 Å². The van der Waals surface area contributed by atoms with Gasteiger partial charge in [-0.15, -0.1) is 11.3 Å². The fourth-order valence-corrected chi connectivity index (χ4v) is 3.30. The Labute approximate surface area is 127 Å². The Morgan fingerprint density at radius 1 is 1.52 bits per heavy atom. The average Bonchev–Trinajstić information content (AvgIpc) is 3.20. The van der Waals surface area contributed by atoms with Crippen LogP contribution in [0.1, 0.15) is 31.2 Å². The molecule has 0 saturated carbocycles. The highest BCUT2D eigenvalue weighted by Gasteiger charge is 2.27. The second-order valence-electron chi connectivity index (χ2n) is 5.34. The summed E-state index contributed by atoms with van der Waals surface area (Å²) < 4.78 is 0. The van der Waals surface area contributed by atoms with Gasteiger partial charge < -0.3 is 5.32 Å². The molecule has 0 aliphatic carbocycles. The van der Waals surface area contributed by atoms with E-state index in [0.717, 1.165) is 25.9 Å². The number of aromatic nitrogens is 3. The Kier molecular flexibility index (Phi) is 4.31. The van der Waals surface area contributed by atoms with Gasteiger partial charge in [0.2, 0.25) is 5.91 Å². The topological polar surface area (TPSA) is 73.9 Å². The molecule has 1 fully saturated rings.